The molecule has 108 valence electrons. The first-order valence-corrected chi connectivity index (χ1v) is 8.80. The molecule has 0 fully saturated rings. The maximum Gasteiger partial charge on any atom is 0.148 e. The molecule has 1 atom stereocenters. The predicted molar refractivity (Wildman–Crippen MR) is 89.4 cm³/mol. The van der Waals surface area contributed by atoms with Crippen LogP contribution in [0.4, 0.5) is 11.6 Å². The fraction of sp³-hybridized carbons (Fsp3) is 0.692. The van der Waals surface area contributed by atoms with Crippen molar-refractivity contribution in [2.45, 2.75) is 32.7 Å². The van der Waals surface area contributed by atoms with Gasteiger partial charge < -0.3 is 10.2 Å². The average Bonchev–Trinajstić information content (AvgIpc) is 2.43. The highest BCUT2D eigenvalue weighted by atomic mass is 79.9. The van der Waals surface area contributed by atoms with Crippen LogP contribution in [-0.2, 0) is 0 Å². The van der Waals surface area contributed by atoms with Gasteiger partial charge >= 0.3 is 0 Å². The summed E-state index contributed by atoms with van der Waals surface area (Å²) in [4.78, 5) is 10.9. The Balaban J connectivity index is 2.92. The Hall–Kier alpha value is -0.490. The first-order chi connectivity index (χ1) is 9.15. The van der Waals surface area contributed by atoms with Crippen LogP contribution in [0.1, 0.15) is 26.7 Å². The zero-order chi connectivity index (χ0) is 14.3. The van der Waals surface area contributed by atoms with Gasteiger partial charge in [0.15, 0.2) is 0 Å². The van der Waals surface area contributed by atoms with Crippen molar-refractivity contribution in [1.29, 1.82) is 0 Å². The molecule has 1 rings (SSSR count). The second kappa shape index (κ2) is 8.64. The second-order valence-corrected chi connectivity index (χ2v) is 6.12. The molecule has 0 radical (unpaired) electrons. The van der Waals surface area contributed by atoms with Gasteiger partial charge in [-0.1, -0.05) is 13.8 Å². The van der Waals surface area contributed by atoms with Gasteiger partial charge in [0.05, 0.1) is 0 Å². The molecule has 4 nitrogen and oxygen atoms in total. The third-order valence-corrected chi connectivity index (χ3v) is 4.47. The van der Waals surface area contributed by atoms with Crippen molar-refractivity contribution >= 4 is 39.3 Å². The quantitative estimate of drug-likeness (QED) is 0.778. The van der Waals surface area contributed by atoms with Crippen LogP contribution in [0.2, 0.25) is 0 Å². The molecule has 1 N–H and O–H groups in total. The number of hydrogen-bond donors (Lipinski definition) is 1. The van der Waals surface area contributed by atoms with E-state index in [1.807, 2.05) is 11.8 Å². The first-order valence-electron chi connectivity index (χ1n) is 6.61. The third-order valence-electron chi connectivity index (χ3n) is 3.03. The summed E-state index contributed by atoms with van der Waals surface area (Å²) in [5.74, 6) is 2.92. The zero-order valence-electron chi connectivity index (χ0n) is 12.1. The predicted octanol–water partition coefficient (Wildman–Crippen LogP) is 3.64. The summed E-state index contributed by atoms with van der Waals surface area (Å²) in [5.41, 5.74) is 0. The molecule has 0 saturated carbocycles. The molecule has 0 bridgehead atoms. The van der Waals surface area contributed by atoms with Gasteiger partial charge in [-0.3, -0.25) is 0 Å². The van der Waals surface area contributed by atoms with Gasteiger partial charge in [-0.05, 0) is 35.0 Å². The van der Waals surface area contributed by atoms with Crippen molar-refractivity contribution in [3.63, 3.8) is 0 Å². The number of aromatic nitrogens is 2. The Labute approximate surface area is 128 Å². The molecule has 0 amide bonds. The Morgan fingerprint density at radius 1 is 1.42 bits per heavy atom. The Morgan fingerprint density at radius 2 is 2.16 bits per heavy atom. The summed E-state index contributed by atoms with van der Waals surface area (Å²) in [6.45, 7) is 5.27. The highest BCUT2D eigenvalue weighted by molar-refractivity contribution is 9.10. The minimum Gasteiger partial charge on any atom is -0.369 e. The summed E-state index contributed by atoms with van der Waals surface area (Å²) in [7, 11) is 2.10. The smallest absolute Gasteiger partial charge is 0.148 e. The molecule has 0 aromatic carbocycles. The molecule has 0 aliphatic carbocycles. The molecule has 1 aromatic heterocycles. The van der Waals surface area contributed by atoms with E-state index in [2.05, 4.69) is 63.3 Å². The number of rotatable bonds is 8. The van der Waals surface area contributed by atoms with Crippen molar-refractivity contribution in [3.8, 4) is 0 Å². The van der Waals surface area contributed by atoms with E-state index >= 15 is 0 Å². The van der Waals surface area contributed by atoms with Gasteiger partial charge in [0.25, 0.3) is 0 Å². The van der Waals surface area contributed by atoms with E-state index in [4.69, 9.17) is 0 Å². The number of nitrogens with zero attached hydrogens (tertiary/aromatic N) is 3. The summed E-state index contributed by atoms with van der Waals surface area (Å²) >= 11 is 5.49. The Bertz CT molecular complexity index is 389. The van der Waals surface area contributed by atoms with E-state index in [0.29, 0.717) is 6.04 Å². The largest absolute Gasteiger partial charge is 0.369 e. The molecule has 0 saturated heterocycles. The van der Waals surface area contributed by atoms with E-state index in [-0.39, 0.29) is 0 Å². The highest BCUT2D eigenvalue weighted by Crippen LogP contribution is 2.30. The average molecular weight is 347 g/mol. The van der Waals surface area contributed by atoms with Crippen LogP contribution in [-0.4, -0.2) is 41.6 Å². The van der Waals surface area contributed by atoms with Crippen molar-refractivity contribution < 1.29 is 0 Å². The number of anilines is 2. The lowest BCUT2D eigenvalue weighted by Crippen LogP contribution is -2.34. The normalized spacial score (nSPS) is 12.3. The van der Waals surface area contributed by atoms with Crippen LogP contribution in [0.5, 0.6) is 0 Å². The fourth-order valence-electron chi connectivity index (χ4n) is 1.84. The minimum atomic E-state index is 0.486. The summed E-state index contributed by atoms with van der Waals surface area (Å²) in [6, 6.07) is 0.486. The van der Waals surface area contributed by atoms with E-state index in [1.54, 1.807) is 6.33 Å². The van der Waals surface area contributed by atoms with Crippen LogP contribution >= 0.6 is 27.7 Å². The molecule has 6 heteroatoms. The lowest BCUT2D eigenvalue weighted by Gasteiger charge is -2.28. The van der Waals surface area contributed by atoms with Crippen LogP contribution in [0.3, 0.4) is 0 Å². The molecule has 1 unspecified atom stereocenters. The first kappa shape index (κ1) is 16.6. The lowest BCUT2D eigenvalue weighted by atomic mass is 10.2. The Morgan fingerprint density at radius 3 is 2.74 bits per heavy atom. The van der Waals surface area contributed by atoms with Crippen LogP contribution < -0.4 is 10.2 Å². The van der Waals surface area contributed by atoms with E-state index in [9.17, 15) is 0 Å². The zero-order valence-corrected chi connectivity index (χ0v) is 14.5. The van der Waals surface area contributed by atoms with Crippen molar-refractivity contribution in [2.24, 2.45) is 0 Å². The molecule has 1 aromatic rings. The van der Waals surface area contributed by atoms with Gasteiger partial charge in [-0.15, -0.1) is 0 Å². The maximum atomic E-state index is 4.42. The Kier molecular flexibility index (Phi) is 7.53. The lowest BCUT2D eigenvalue weighted by molar-refractivity contribution is 0.664. The number of hydrogen-bond acceptors (Lipinski definition) is 5. The van der Waals surface area contributed by atoms with Gasteiger partial charge in [0, 0.05) is 25.4 Å². The van der Waals surface area contributed by atoms with Crippen LogP contribution in [0.25, 0.3) is 0 Å². The molecule has 0 spiro atoms. The molecular weight excluding hydrogens is 324 g/mol. The molecule has 0 aliphatic heterocycles. The monoisotopic (exact) mass is 346 g/mol. The fourth-order valence-corrected chi connectivity index (χ4v) is 3.31. The summed E-state index contributed by atoms with van der Waals surface area (Å²) in [5, 5.41) is 3.32. The van der Waals surface area contributed by atoms with Crippen LogP contribution in [0, 0.1) is 0 Å². The molecule has 19 heavy (non-hydrogen) atoms. The SMILES string of the molecule is CCCNc1ncnc(N(C)C(CC)CSC)c1Br. The summed E-state index contributed by atoms with van der Waals surface area (Å²) < 4.78 is 0.950. The van der Waals surface area contributed by atoms with Crippen LogP contribution in [0.15, 0.2) is 10.8 Å². The maximum absolute atomic E-state index is 4.42. The van der Waals surface area contributed by atoms with E-state index in [0.717, 1.165) is 41.2 Å². The van der Waals surface area contributed by atoms with E-state index < -0.39 is 0 Å². The number of halogens is 1. The van der Waals surface area contributed by atoms with Crippen molar-refractivity contribution in [1.82, 2.24) is 9.97 Å². The van der Waals surface area contributed by atoms with Crippen molar-refractivity contribution in [2.75, 3.05) is 35.8 Å². The highest BCUT2D eigenvalue weighted by Gasteiger charge is 2.18. The molecule has 1 heterocycles. The van der Waals surface area contributed by atoms with Gasteiger partial charge in [0.2, 0.25) is 0 Å². The van der Waals surface area contributed by atoms with Gasteiger partial charge in [-0.25, -0.2) is 9.97 Å². The van der Waals surface area contributed by atoms with Gasteiger partial charge in [-0.2, -0.15) is 11.8 Å². The second-order valence-electron chi connectivity index (χ2n) is 4.41. The topological polar surface area (TPSA) is 41.1 Å². The van der Waals surface area contributed by atoms with E-state index in [1.165, 1.54) is 0 Å². The molecule has 0 aliphatic rings. The number of thioether (sulfide) groups is 1. The summed E-state index contributed by atoms with van der Waals surface area (Å²) in [6.07, 6.45) is 5.94. The van der Waals surface area contributed by atoms with Gasteiger partial charge in [0.1, 0.15) is 22.4 Å². The van der Waals surface area contributed by atoms with Crippen molar-refractivity contribution in [3.05, 3.63) is 10.8 Å². The minimum absolute atomic E-state index is 0.486. The standard InChI is InChI=1S/C13H23BrN4S/c1-5-7-15-12-11(14)13(17-9-16-12)18(3)10(6-2)8-19-4/h9-10H,5-8H2,1-4H3,(H,15,16,17). The molecular formula is C13H23BrN4S. The third kappa shape index (κ3) is 4.53. The number of nitrogens with one attached hydrogen (secondary N) is 1.